The molecule has 16 heavy (non-hydrogen) atoms. The maximum Gasteiger partial charge on any atom is 0.137 e. The largest absolute Gasteiger partial charge is 0.493 e. The average Bonchev–Trinajstić information content (AvgIpc) is 2.97. The van der Waals surface area contributed by atoms with Crippen LogP contribution < -0.4 is 4.74 Å². The van der Waals surface area contributed by atoms with Crippen LogP contribution >= 0.6 is 0 Å². The summed E-state index contributed by atoms with van der Waals surface area (Å²) in [5.41, 5.74) is 2.66. The summed E-state index contributed by atoms with van der Waals surface area (Å²) >= 11 is 0. The molecule has 2 aromatic rings. The first-order valence-electron chi connectivity index (χ1n) is 5.49. The van der Waals surface area contributed by atoms with Crippen LogP contribution in [0, 0.1) is 0 Å². The molecule has 0 N–H and O–H groups in total. The molecule has 0 amide bonds. The third kappa shape index (κ3) is 1.78. The molecule has 0 atom stereocenters. The minimum atomic E-state index is 0.821. The van der Waals surface area contributed by atoms with Crippen molar-refractivity contribution < 1.29 is 4.74 Å². The molecule has 0 spiro atoms. The summed E-state index contributed by atoms with van der Waals surface area (Å²) in [5, 5.41) is 4.08. The van der Waals surface area contributed by atoms with Gasteiger partial charge in [0, 0.05) is 13.0 Å². The summed E-state index contributed by atoms with van der Waals surface area (Å²) in [7, 11) is 0. The number of nitrogens with zero attached hydrogens (tertiary/aromatic N) is 3. The minimum Gasteiger partial charge on any atom is -0.493 e. The van der Waals surface area contributed by atoms with Crippen molar-refractivity contribution in [2.24, 2.45) is 0 Å². The van der Waals surface area contributed by atoms with Crippen molar-refractivity contribution in [2.45, 2.75) is 19.4 Å². The molecule has 1 aliphatic rings. The Morgan fingerprint density at radius 1 is 1.38 bits per heavy atom. The van der Waals surface area contributed by atoms with E-state index in [0.717, 1.165) is 31.7 Å². The summed E-state index contributed by atoms with van der Waals surface area (Å²) in [6.07, 6.45) is 5.33. The van der Waals surface area contributed by atoms with Crippen LogP contribution in [0.25, 0.3) is 0 Å². The van der Waals surface area contributed by atoms with E-state index >= 15 is 0 Å². The van der Waals surface area contributed by atoms with Gasteiger partial charge in [0.25, 0.3) is 0 Å². The number of aryl methyl sites for hydroxylation is 2. The molecule has 82 valence electrons. The molecular weight excluding hydrogens is 202 g/mol. The highest BCUT2D eigenvalue weighted by Crippen LogP contribution is 2.25. The molecule has 0 unspecified atom stereocenters. The normalized spacial score (nSPS) is 13.5. The van der Waals surface area contributed by atoms with Gasteiger partial charge in [0.2, 0.25) is 0 Å². The number of aromatic nitrogens is 3. The smallest absolute Gasteiger partial charge is 0.137 e. The van der Waals surface area contributed by atoms with E-state index in [2.05, 4.69) is 28.3 Å². The predicted molar refractivity (Wildman–Crippen MR) is 59.4 cm³/mol. The van der Waals surface area contributed by atoms with Crippen LogP contribution in [0.3, 0.4) is 0 Å². The zero-order chi connectivity index (χ0) is 10.8. The maximum atomic E-state index is 5.48. The van der Waals surface area contributed by atoms with Crippen molar-refractivity contribution in [3.05, 3.63) is 42.0 Å². The molecule has 0 fully saturated rings. The summed E-state index contributed by atoms with van der Waals surface area (Å²) in [5.74, 6) is 1.05. The Balaban J connectivity index is 1.71. The predicted octanol–water partition coefficient (Wildman–Crippen LogP) is 1.46. The molecule has 4 heteroatoms. The van der Waals surface area contributed by atoms with E-state index in [4.69, 9.17) is 4.74 Å². The van der Waals surface area contributed by atoms with E-state index in [9.17, 15) is 0 Å². The second-order valence-corrected chi connectivity index (χ2v) is 3.95. The molecule has 0 saturated heterocycles. The highest BCUT2D eigenvalue weighted by atomic mass is 16.5. The van der Waals surface area contributed by atoms with E-state index in [-0.39, 0.29) is 0 Å². The zero-order valence-electron chi connectivity index (χ0n) is 8.97. The van der Waals surface area contributed by atoms with Crippen LogP contribution in [0.5, 0.6) is 5.75 Å². The Bertz CT molecular complexity index is 479. The van der Waals surface area contributed by atoms with Gasteiger partial charge in [-0.05, 0) is 23.6 Å². The number of rotatable bonds is 3. The number of hydrogen-bond donors (Lipinski definition) is 0. The van der Waals surface area contributed by atoms with E-state index in [0.29, 0.717) is 0 Å². The van der Waals surface area contributed by atoms with Gasteiger partial charge in [0.1, 0.15) is 18.4 Å². The Hall–Kier alpha value is -1.84. The molecule has 0 radical (unpaired) electrons. The van der Waals surface area contributed by atoms with Crippen molar-refractivity contribution in [2.75, 3.05) is 6.61 Å². The average molecular weight is 215 g/mol. The fourth-order valence-electron chi connectivity index (χ4n) is 1.99. The lowest BCUT2D eigenvalue weighted by Gasteiger charge is -2.04. The monoisotopic (exact) mass is 215 g/mol. The fraction of sp³-hybridized carbons (Fsp3) is 0.333. The third-order valence-electron chi connectivity index (χ3n) is 2.85. The Kier molecular flexibility index (Phi) is 2.33. The van der Waals surface area contributed by atoms with Gasteiger partial charge in [-0.3, -0.25) is 4.68 Å². The minimum absolute atomic E-state index is 0.821. The first-order valence-corrected chi connectivity index (χ1v) is 5.49. The first kappa shape index (κ1) is 9.39. The van der Waals surface area contributed by atoms with Crippen molar-refractivity contribution in [1.29, 1.82) is 0 Å². The van der Waals surface area contributed by atoms with Crippen molar-refractivity contribution in [1.82, 2.24) is 14.8 Å². The van der Waals surface area contributed by atoms with Gasteiger partial charge >= 0.3 is 0 Å². The summed E-state index contributed by atoms with van der Waals surface area (Å²) < 4.78 is 7.33. The van der Waals surface area contributed by atoms with E-state index in [1.807, 2.05) is 4.68 Å². The van der Waals surface area contributed by atoms with E-state index in [1.54, 1.807) is 12.7 Å². The Morgan fingerprint density at radius 2 is 2.38 bits per heavy atom. The van der Waals surface area contributed by atoms with Crippen LogP contribution in [0.4, 0.5) is 0 Å². The lowest BCUT2D eigenvalue weighted by Crippen LogP contribution is -2.01. The second-order valence-electron chi connectivity index (χ2n) is 3.95. The summed E-state index contributed by atoms with van der Waals surface area (Å²) in [6.45, 7) is 1.70. The Morgan fingerprint density at radius 3 is 3.25 bits per heavy atom. The van der Waals surface area contributed by atoms with Crippen molar-refractivity contribution >= 4 is 0 Å². The van der Waals surface area contributed by atoms with Crippen molar-refractivity contribution in [3.8, 4) is 5.75 Å². The summed E-state index contributed by atoms with van der Waals surface area (Å²) in [6, 6.07) is 6.43. The molecule has 0 bridgehead atoms. The molecule has 0 saturated carbocycles. The van der Waals surface area contributed by atoms with Gasteiger partial charge in [0.05, 0.1) is 6.61 Å². The van der Waals surface area contributed by atoms with Gasteiger partial charge in [-0.1, -0.05) is 12.1 Å². The molecule has 1 aliphatic heterocycles. The molecule has 4 nitrogen and oxygen atoms in total. The van der Waals surface area contributed by atoms with Crippen LogP contribution in [-0.2, 0) is 19.4 Å². The molecular formula is C12H13N3O. The van der Waals surface area contributed by atoms with Gasteiger partial charge in [0.15, 0.2) is 0 Å². The van der Waals surface area contributed by atoms with E-state index in [1.165, 1.54) is 11.1 Å². The fourth-order valence-corrected chi connectivity index (χ4v) is 1.99. The quantitative estimate of drug-likeness (QED) is 0.778. The van der Waals surface area contributed by atoms with Gasteiger partial charge in [-0.25, -0.2) is 4.98 Å². The van der Waals surface area contributed by atoms with Gasteiger partial charge in [-0.15, -0.1) is 0 Å². The standard InChI is InChI=1S/C12H13N3O/c1-2-12-11(4-6-16-12)7-10(1)3-5-15-9-13-8-14-15/h1-2,7-9H,3-6H2. The van der Waals surface area contributed by atoms with Crippen LogP contribution in [0.2, 0.25) is 0 Å². The molecule has 1 aromatic heterocycles. The second kappa shape index (κ2) is 3.96. The maximum absolute atomic E-state index is 5.48. The van der Waals surface area contributed by atoms with Crippen molar-refractivity contribution in [3.63, 3.8) is 0 Å². The molecule has 1 aromatic carbocycles. The first-order chi connectivity index (χ1) is 7.92. The topological polar surface area (TPSA) is 39.9 Å². The number of fused-ring (bicyclic) bond motifs is 1. The lowest BCUT2D eigenvalue weighted by molar-refractivity contribution is 0.357. The summed E-state index contributed by atoms with van der Waals surface area (Å²) in [4.78, 5) is 3.92. The molecule has 2 heterocycles. The Labute approximate surface area is 93.9 Å². The number of benzene rings is 1. The van der Waals surface area contributed by atoms with Crippen LogP contribution in [0.1, 0.15) is 11.1 Å². The van der Waals surface area contributed by atoms with Gasteiger partial charge in [-0.2, -0.15) is 5.10 Å². The zero-order valence-corrected chi connectivity index (χ0v) is 8.97. The highest BCUT2D eigenvalue weighted by molar-refractivity contribution is 5.39. The lowest BCUT2D eigenvalue weighted by atomic mass is 10.1. The van der Waals surface area contributed by atoms with Crippen LogP contribution in [0.15, 0.2) is 30.9 Å². The van der Waals surface area contributed by atoms with Gasteiger partial charge < -0.3 is 4.74 Å². The SMILES string of the molecule is c1ncn(CCc2ccc3c(c2)CCO3)n1. The highest BCUT2D eigenvalue weighted by Gasteiger charge is 2.11. The molecule has 0 aliphatic carbocycles. The van der Waals surface area contributed by atoms with E-state index < -0.39 is 0 Å². The third-order valence-corrected chi connectivity index (χ3v) is 2.85. The molecule has 3 rings (SSSR count). The number of ether oxygens (including phenoxy) is 1. The van der Waals surface area contributed by atoms with Crippen LogP contribution in [-0.4, -0.2) is 21.4 Å². The number of hydrogen-bond acceptors (Lipinski definition) is 3.